The first-order valence-corrected chi connectivity index (χ1v) is 9.79. The number of nitrogens with zero attached hydrogens (tertiary/aromatic N) is 1. The Morgan fingerprint density at radius 1 is 1.17 bits per heavy atom. The number of hydrogen-bond donors (Lipinski definition) is 1. The monoisotopic (exact) mass is 326 g/mol. The molecule has 4 rings (SSSR count). The van der Waals surface area contributed by atoms with E-state index in [2.05, 4.69) is 29.3 Å². The van der Waals surface area contributed by atoms with Crippen LogP contribution in [0.5, 0.6) is 0 Å². The van der Waals surface area contributed by atoms with Gasteiger partial charge in [0.15, 0.2) is 0 Å². The predicted octanol–water partition coefficient (Wildman–Crippen LogP) is 3.84. The van der Waals surface area contributed by atoms with E-state index in [1.165, 1.54) is 57.2 Å². The minimum Gasteiger partial charge on any atom is -0.349 e. The minimum absolute atomic E-state index is 0.116. The first-order chi connectivity index (χ1) is 11.7. The lowest BCUT2D eigenvalue weighted by atomic mass is 9.95. The number of carbonyl (C=O) groups excluding carboxylic acids is 1. The number of piperidine rings is 1. The van der Waals surface area contributed by atoms with Gasteiger partial charge in [0.2, 0.25) is 0 Å². The summed E-state index contributed by atoms with van der Waals surface area (Å²) < 4.78 is 0. The Bertz CT molecular complexity index is 582. The lowest BCUT2D eigenvalue weighted by Crippen LogP contribution is -2.38. The van der Waals surface area contributed by atoms with Crippen LogP contribution in [0.25, 0.3) is 0 Å². The summed E-state index contributed by atoms with van der Waals surface area (Å²) >= 11 is 0. The summed E-state index contributed by atoms with van der Waals surface area (Å²) in [7, 11) is 0. The fourth-order valence-corrected chi connectivity index (χ4v) is 5.12. The summed E-state index contributed by atoms with van der Waals surface area (Å²) in [5.41, 5.74) is 2.13. The van der Waals surface area contributed by atoms with Gasteiger partial charge in [-0.2, -0.15) is 0 Å². The Kier molecular flexibility index (Phi) is 4.62. The molecule has 1 N–H and O–H groups in total. The van der Waals surface area contributed by atoms with Crippen LogP contribution in [0.4, 0.5) is 0 Å². The quantitative estimate of drug-likeness (QED) is 0.912. The first kappa shape index (κ1) is 16.1. The van der Waals surface area contributed by atoms with Crippen LogP contribution < -0.4 is 5.32 Å². The standard InChI is InChI=1S/C21H30N2O/c1-15-3-2-10-23(13-15)14-16-4-7-18(8-5-16)21(24)22-20-12-17-6-9-19(20)11-17/h4-5,7-8,15,17,19-20H,2-3,6,9-14H2,1H3,(H,22,24). The number of fused-ring (bicyclic) bond motifs is 2. The highest BCUT2D eigenvalue weighted by molar-refractivity contribution is 5.94. The maximum Gasteiger partial charge on any atom is 0.251 e. The van der Waals surface area contributed by atoms with Gasteiger partial charge in [0.25, 0.3) is 5.91 Å². The van der Waals surface area contributed by atoms with Crippen molar-refractivity contribution in [2.45, 2.75) is 58.0 Å². The largest absolute Gasteiger partial charge is 0.349 e. The fraction of sp³-hybridized carbons (Fsp3) is 0.667. The van der Waals surface area contributed by atoms with Crippen molar-refractivity contribution in [3.8, 4) is 0 Å². The number of rotatable bonds is 4. The lowest BCUT2D eigenvalue weighted by Gasteiger charge is -2.30. The zero-order valence-corrected chi connectivity index (χ0v) is 14.8. The van der Waals surface area contributed by atoms with Gasteiger partial charge in [-0.15, -0.1) is 0 Å². The molecule has 3 heteroatoms. The third-order valence-corrected chi connectivity index (χ3v) is 6.42. The molecule has 130 valence electrons. The molecular formula is C21H30N2O. The van der Waals surface area contributed by atoms with Crippen LogP contribution in [0.3, 0.4) is 0 Å². The highest BCUT2D eigenvalue weighted by atomic mass is 16.1. The van der Waals surface area contributed by atoms with E-state index in [1.807, 2.05) is 12.1 Å². The van der Waals surface area contributed by atoms with Crippen molar-refractivity contribution in [1.82, 2.24) is 10.2 Å². The van der Waals surface area contributed by atoms with Crippen LogP contribution in [-0.4, -0.2) is 29.9 Å². The van der Waals surface area contributed by atoms with Crippen molar-refractivity contribution < 1.29 is 4.79 Å². The van der Waals surface area contributed by atoms with Gasteiger partial charge >= 0.3 is 0 Å². The van der Waals surface area contributed by atoms with E-state index in [9.17, 15) is 4.79 Å². The Morgan fingerprint density at radius 3 is 2.67 bits per heavy atom. The number of hydrogen-bond acceptors (Lipinski definition) is 2. The maximum atomic E-state index is 12.5. The van der Waals surface area contributed by atoms with Crippen LogP contribution in [-0.2, 0) is 6.54 Å². The molecule has 2 saturated carbocycles. The molecule has 3 nitrogen and oxygen atoms in total. The Hall–Kier alpha value is -1.35. The average molecular weight is 326 g/mol. The van der Waals surface area contributed by atoms with Gasteiger partial charge < -0.3 is 5.32 Å². The zero-order chi connectivity index (χ0) is 16.5. The summed E-state index contributed by atoms with van der Waals surface area (Å²) in [6.07, 6.45) is 7.88. The van der Waals surface area contributed by atoms with Gasteiger partial charge in [-0.1, -0.05) is 25.5 Å². The molecule has 4 atom stereocenters. The van der Waals surface area contributed by atoms with Gasteiger partial charge in [-0.3, -0.25) is 9.69 Å². The third-order valence-electron chi connectivity index (χ3n) is 6.42. The van der Waals surface area contributed by atoms with Gasteiger partial charge in [-0.25, -0.2) is 0 Å². The van der Waals surface area contributed by atoms with Crippen molar-refractivity contribution in [3.05, 3.63) is 35.4 Å². The second-order valence-corrected chi connectivity index (χ2v) is 8.43. The Morgan fingerprint density at radius 2 is 2.00 bits per heavy atom. The molecule has 3 fully saturated rings. The number of benzene rings is 1. The average Bonchev–Trinajstić information content (AvgIpc) is 3.18. The number of nitrogens with one attached hydrogen (secondary N) is 1. The first-order valence-electron chi connectivity index (χ1n) is 9.79. The van der Waals surface area contributed by atoms with Crippen molar-refractivity contribution in [1.29, 1.82) is 0 Å². The molecule has 1 aromatic carbocycles. The minimum atomic E-state index is 0.116. The predicted molar refractivity (Wildman–Crippen MR) is 96.8 cm³/mol. The fourth-order valence-electron chi connectivity index (χ4n) is 5.12. The molecular weight excluding hydrogens is 296 g/mol. The van der Waals surface area contributed by atoms with Crippen molar-refractivity contribution in [2.75, 3.05) is 13.1 Å². The molecule has 0 spiro atoms. The van der Waals surface area contributed by atoms with Gasteiger partial charge in [0.1, 0.15) is 0 Å². The van der Waals surface area contributed by atoms with Crippen LogP contribution in [0.2, 0.25) is 0 Å². The molecule has 0 radical (unpaired) electrons. The molecule has 3 aliphatic rings. The summed E-state index contributed by atoms with van der Waals surface area (Å²) in [6.45, 7) is 5.76. The van der Waals surface area contributed by atoms with E-state index < -0.39 is 0 Å². The summed E-state index contributed by atoms with van der Waals surface area (Å²) in [6, 6.07) is 8.70. The van der Waals surface area contributed by atoms with E-state index in [0.29, 0.717) is 6.04 Å². The molecule has 0 aromatic heterocycles. The molecule has 1 aliphatic heterocycles. The van der Waals surface area contributed by atoms with Crippen LogP contribution in [0, 0.1) is 17.8 Å². The summed E-state index contributed by atoms with van der Waals surface area (Å²) in [5.74, 6) is 2.53. The number of likely N-dealkylation sites (tertiary alicyclic amines) is 1. The smallest absolute Gasteiger partial charge is 0.251 e. The van der Waals surface area contributed by atoms with Gasteiger partial charge in [0.05, 0.1) is 0 Å². The Labute approximate surface area is 145 Å². The van der Waals surface area contributed by atoms with Gasteiger partial charge in [0, 0.05) is 24.7 Å². The molecule has 2 aliphatic carbocycles. The molecule has 1 heterocycles. The molecule has 1 aromatic rings. The molecule has 4 unspecified atom stereocenters. The summed E-state index contributed by atoms with van der Waals surface area (Å²) in [4.78, 5) is 15.0. The normalized spacial score (nSPS) is 32.9. The number of carbonyl (C=O) groups is 1. The zero-order valence-electron chi connectivity index (χ0n) is 14.8. The van der Waals surface area contributed by atoms with Gasteiger partial charge in [-0.05, 0) is 74.1 Å². The molecule has 1 amide bonds. The summed E-state index contributed by atoms with van der Waals surface area (Å²) in [5, 5.41) is 3.28. The van der Waals surface area contributed by atoms with E-state index in [-0.39, 0.29) is 5.91 Å². The van der Waals surface area contributed by atoms with E-state index in [4.69, 9.17) is 0 Å². The molecule has 24 heavy (non-hydrogen) atoms. The van der Waals surface area contributed by atoms with Crippen LogP contribution in [0.1, 0.15) is 61.4 Å². The highest BCUT2D eigenvalue weighted by Gasteiger charge is 2.40. The van der Waals surface area contributed by atoms with E-state index in [1.54, 1.807) is 0 Å². The topological polar surface area (TPSA) is 32.3 Å². The third kappa shape index (κ3) is 3.51. The second kappa shape index (κ2) is 6.87. The second-order valence-electron chi connectivity index (χ2n) is 8.43. The van der Waals surface area contributed by atoms with Crippen molar-refractivity contribution in [2.24, 2.45) is 17.8 Å². The van der Waals surface area contributed by atoms with Crippen molar-refractivity contribution >= 4 is 5.91 Å². The van der Waals surface area contributed by atoms with E-state index in [0.717, 1.165) is 29.9 Å². The SMILES string of the molecule is CC1CCCN(Cc2ccc(C(=O)NC3CC4CCC3C4)cc2)C1. The van der Waals surface area contributed by atoms with E-state index >= 15 is 0 Å². The molecule has 2 bridgehead atoms. The molecule has 1 saturated heterocycles. The van der Waals surface area contributed by atoms with Crippen molar-refractivity contribution in [3.63, 3.8) is 0 Å². The highest BCUT2D eigenvalue weighted by Crippen LogP contribution is 2.44. The lowest BCUT2D eigenvalue weighted by molar-refractivity contribution is 0.0923. The maximum absolute atomic E-state index is 12.5. The Balaban J connectivity index is 1.32. The van der Waals surface area contributed by atoms with Crippen LogP contribution in [0.15, 0.2) is 24.3 Å². The number of amides is 1. The van der Waals surface area contributed by atoms with Crippen LogP contribution >= 0.6 is 0 Å².